The maximum Gasteiger partial charge on any atom is 0.263 e. The van der Waals surface area contributed by atoms with Crippen molar-refractivity contribution in [1.82, 2.24) is 0 Å². The van der Waals surface area contributed by atoms with E-state index in [0.29, 0.717) is 26.8 Å². The molecule has 0 atom stereocenters. The molecule has 0 aliphatic carbocycles. The van der Waals surface area contributed by atoms with E-state index in [1.807, 2.05) is 0 Å². The second-order valence-electron chi connectivity index (χ2n) is 4.12. The quantitative estimate of drug-likeness (QED) is 0.613. The molecule has 0 heterocycles. The molecule has 0 fully saturated rings. The maximum absolute atomic E-state index is 12.6. The van der Waals surface area contributed by atoms with E-state index < -0.39 is 6.43 Å². The van der Waals surface area contributed by atoms with E-state index in [4.69, 9.17) is 23.2 Å². The van der Waals surface area contributed by atoms with Crippen LogP contribution >= 0.6 is 39.1 Å². The van der Waals surface area contributed by atoms with Crippen LogP contribution in [0.15, 0.2) is 40.9 Å². The summed E-state index contributed by atoms with van der Waals surface area (Å²) in [6.07, 6.45) is -2.47. The normalized spacial score (nSPS) is 10.9. The van der Waals surface area contributed by atoms with Gasteiger partial charge in [0.05, 0.1) is 15.7 Å². The predicted molar refractivity (Wildman–Crippen MR) is 82.9 cm³/mol. The van der Waals surface area contributed by atoms with Crippen molar-refractivity contribution in [2.75, 3.05) is 5.32 Å². The van der Waals surface area contributed by atoms with Crippen LogP contribution in [-0.4, -0.2) is 0 Å². The third-order valence-electron chi connectivity index (χ3n) is 2.72. The fraction of sp³-hybridized carbons (Fsp3) is 0.143. The fourth-order valence-corrected chi connectivity index (χ4v) is 2.54. The molecule has 20 heavy (non-hydrogen) atoms. The number of nitrogens with one attached hydrogen (secondary N) is 1. The highest BCUT2D eigenvalue weighted by molar-refractivity contribution is 9.10. The number of hydrogen-bond acceptors (Lipinski definition) is 1. The molecule has 6 heteroatoms. The van der Waals surface area contributed by atoms with E-state index in [-0.39, 0.29) is 5.56 Å². The van der Waals surface area contributed by atoms with Crippen molar-refractivity contribution in [3.8, 4) is 0 Å². The Morgan fingerprint density at radius 2 is 1.85 bits per heavy atom. The first-order valence-corrected chi connectivity index (χ1v) is 7.28. The summed E-state index contributed by atoms with van der Waals surface area (Å²) in [4.78, 5) is 0. The predicted octanol–water partition coefficient (Wildman–Crippen LogP) is 6.31. The highest BCUT2D eigenvalue weighted by Gasteiger charge is 2.09. The first-order valence-electron chi connectivity index (χ1n) is 5.73. The molecule has 0 radical (unpaired) electrons. The largest absolute Gasteiger partial charge is 0.380 e. The van der Waals surface area contributed by atoms with Crippen molar-refractivity contribution in [3.63, 3.8) is 0 Å². The molecule has 106 valence electrons. The van der Waals surface area contributed by atoms with Crippen LogP contribution in [0.25, 0.3) is 0 Å². The van der Waals surface area contributed by atoms with Gasteiger partial charge in [-0.2, -0.15) is 0 Å². The lowest BCUT2D eigenvalue weighted by Gasteiger charge is -2.11. The van der Waals surface area contributed by atoms with E-state index in [2.05, 4.69) is 21.2 Å². The van der Waals surface area contributed by atoms with Gasteiger partial charge in [0.25, 0.3) is 6.43 Å². The minimum atomic E-state index is -2.47. The minimum Gasteiger partial charge on any atom is -0.380 e. The Morgan fingerprint density at radius 3 is 2.55 bits per heavy atom. The summed E-state index contributed by atoms with van der Waals surface area (Å²) in [5.41, 5.74) is 1.41. The summed E-state index contributed by atoms with van der Waals surface area (Å²) >= 11 is 15.4. The summed E-state index contributed by atoms with van der Waals surface area (Å²) in [7, 11) is 0. The second-order valence-corrected chi connectivity index (χ2v) is 5.73. The zero-order valence-electron chi connectivity index (χ0n) is 10.1. The Balaban J connectivity index is 2.13. The molecular weight excluding hydrogens is 371 g/mol. The van der Waals surface area contributed by atoms with Gasteiger partial charge in [-0.15, -0.1) is 0 Å². The van der Waals surface area contributed by atoms with Crippen LogP contribution in [0.3, 0.4) is 0 Å². The van der Waals surface area contributed by atoms with Crippen LogP contribution in [0.2, 0.25) is 10.0 Å². The van der Waals surface area contributed by atoms with Crippen molar-refractivity contribution in [2.45, 2.75) is 13.0 Å². The molecule has 1 N–H and O–H groups in total. The van der Waals surface area contributed by atoms with Gasteiger partial charge < -0.3 is 5.32 Å². The number of rotatable bonds is 4. The molecule has 0 spiro atoms. The molecule has 0 bridgehead atoms. The first-order chi connectivity index (χ1) is 9.49. The van der Waals surface area contributed by atoms with Gasteiger partial charge in [-0.05, 0) is 39.7 Å². The summed E-state index contributed by atoms with van der Waals surface area (Å²) in [6.45, 7) is 0.387. The molecule has 2 aromatic rings. The van der Waals surface area contributed by atoms with E-state index in [9.17, 15) is 8.78 Å². The van der Waals surface area contributed by atoms with Crippen LogP contribution in [0, 0.1) is 0 Å². The lowest BCUT2D eigenvalue weighted by Crippen LogP contribution is -2.01. The van der Waals surface area contributed by atoms with Crippen LogP contribution in [0.1, 0.15) is 17.6 Å². The molecule has 2 rings (SSSR count). The van der Waals surface area contributed by atoms with Crippen molar-refractivity contribution in [3.05, 3.63) is 62.0 Å². The van der Waals surface area contributed by atoms with Gasteiger partial charge in [0.2, 0.25) is 0 Å². The van der Waals surface area contributed by atoms with Crippen LogP contribution < -0.4 is 5.32 Å². The third-order valence-corrected chi connectivity index (χ3v) is 4.49. The molecule has 0 aliphatic rings. The van der Waals surface area contributed by atoms with Crippen molar-refractivity contribution in [1.29, 1.82) is 0 Å². The van der Waals surface area contributed by atoms with Gasteiger partial charge in [-0.3, -0.25) is 0 Å². The van der Waals surface area contributed by atoms with Crippen LogP contribution in [0.4, 0.5) is 14.5 Å². The van der Waals surface area contributed by atoms with E-state index in [1.165, 1.54) is 12.1 Å². The lowest BCUT2D eigenvalue weighted by atomic mass is 10.1. The van der Waals surface area contributed by atoms with Gasteiger partial charge in [0, 0.05) is 16.6 Å². The van der Waals surface area contributed by atoms with Gasteiger partial charge >= 0.3 is 0 Å². The average molecular weight is 381 g/mol. The molecule has 0 aliphatic heterocycles. The molecular formula is C14H10BrCl2F2N. The lowest BCUT2D eigenvalue weighted by molar-refractivity contribution is 0.151. The Labute approximate surface area is 134 Å². The zero-order valence-corrected chi connectivity index (χ0v) is 13.2. The maximum atomic E-state index is 12.6. The number of alkyl halides is 2. The molecule has 0 amide bonds. The van der Waals surface area contributed by atoms with Gasteiger partial charge in [0.1, 0.15) is 0 Å². The third kappa shape index (κ3) is 3.62. The van der Waals surface area contributed by atoms with Gasteiger partial charge in [-0.25, -0.2) is 8.78 Å². The van der Waals surface area contributed by atoms with E-state index in [1.54, 1.807) is 24.3 Å². The highest BCUT2D eigenvalue weighted by atomic mass is 79.9. The molecule has 0 saturated carbocycles. The molecule has 1 nitrogen and oxygen atoms in total. The summed E-state index contributed by atoms with van der Waals surface area (Å²) in [5.74, 6) is 0. The summed E-state index contributed by atoms with van der Waals surface area (Å²) in [6, 6.07) is 9.78. The Bertz CT molecular complexity index is 620. The number of anilines is 1. The highest BCUT2D eigenvalue weighted by Crippen LogP contribution is 2.36. The molecule has 0 unspecified atom stereocenters. The number of hydrogen-bond donors (Lipinski definition) is 1. The molecule has 0 saturated heterocycles. The average Bonchev–Trinajstić information content (AvgIpc) is 2.44. The van der Waals surface area contributed by atoms with E-state index in [0.717, 1.165) is 5.56 Å². The Hall–Kier alpha value is -0.840. The number of halogens is 5. The summed E-state index contributed by atoms with van der Waals surface area (Å²) < 4.78 is 25.9. The molecule has 2 aromatic carbocycles. The van der Waals surface area contributed by atoms with Crippen LogP contribution in [-0.2, 0) is 6.54 Å². The molecule has 0 aromatic heterocycles. The number of benzene rings is 2. The van der Waals surface area contributed by atoms with Crippen molar-refractivity contribution in [2.24, 2.45) is 0 Å². The monoisotopic (exact) mass is 379 g/mol. The summed E-state index contributed by atoms with van der Waals surface area (Å²) in [5, 5.41) is 3.89. The zero-order chi connectivity index (χ0) is 14.7. The minimum absolute atomic E-state index is 0.00392. The van der Waals surface area contributed by atoms with Gasteiger partial charge in [0.15, 0.2) is 0 Å². The SMILES string of the molecule is FC(F)c1cccc(CNc2ccc(Br)c(Cl)c2Cl)c1. The Morgan fingerprint density at radius 1 is 1.10 bits per heavy atom. The van der Waals surface area contributed by atoms with Gasteiger partial charge in [-0.1, -0.05) is 41.4 Å². The van der Waals surface area contributed by atoms with Crippen molar-refractivity contribution >= 4 is 44.8 Å². The van der Waals surface area contributed by atoms with Crippen LogP contribution in [0.5, 0.6) is 0 Å². The Kier molecular flexibility index (Phi) is 5.24. The fourth-order valence-electron chi connectivity index (χ4n) is 1.70. The van der Waals surface area contributed by atoms with Crippen molar-refractivity contribution < 1.29 is 8.78 Å². The topological polar surface area (TPSA) is 12.0 Å². The smallest absolute Gasteiger partial charge is 0.263 e. The first kappa shape index (κ1) is 15.5. The van der Waals surface area contributed by atoms with E-state index >= 15 is 0 Å². The second kappa shape index (κ2) is 6.74. The standard InChI is InChI=1S/C14H10BrCl2F2N/c15-10-4-5-11(13(17)12(10)16)20-7-8-2-1-3-9(6-8)14(18)19/h1-6,14,20H,7H2.